The van der Waals surface area contributed by atoms with Gasteiger partial charge in [-0.25, -0.2) is 13.4 Å². The largest absolute Gasteiger partial charge is 0.497 e. The first-order chi connectivity index (χ1) is 14.0. The molecule has 0 saturated carbocycles. The number of fused-ring (bicyclic) bond motifs is 1. The Balaban J connectivity index is 1.43. The van der Waals surface area contributed by atoms with Crippen molar-refractivity contribution in [2.24, 2.45) is 0 Å². The standard InChI is InChI=1S/C20H22N4O4S/c1-28-15-6-8-16(9-7-15)29(26,27)24-12-10-23(11-13-24)14-19-21-18-5-3-2-4-17(18)20(25)22-19/h2-9H,10-14H2,1H3,(H,21,22,25)/p+1. The highest BCUT2D eigenvalue weighted by Crippen LogP contribution is 2.19. The molecule has 3 aromatic rings. The Morgan fingerprint density at radius 3 is 2.48 bits per heavy atom. The second-order valence-corrected chi connectivity index (χ2v) is 8.97. The summed E-state index contributed by atoms with van der Waals surface area (Å²) in [6.45, 7) is 2.68. The highest BCUT2D eigenvalue weighted by molar-refractivity contribution is 7.89. The Morgan fingerprint density at radius 1 is 1.10 bits per heavy atom. The summed E-state index contributed by atoms with van der Waals surface area (Å²) in [5, 5.41) is 0.571. The van der Waals surface area contributed by atoms with Crippen molar-refractivity contribution < 1.29 is 18.1 Å². The van der Waals surface area contributed by atoms with Gasteiger partial charge in [0.25, 0.3) is 5.56 Å². The number of rotatable bonds is 5. The molecule has 1 fully saturated rings. The van der Waals surface area contributed by atoms with Gasteiger partial charge in [0, 0.05) is 0 Å². The Bertz CT molecular complexity index is 1170. The summed E-state index contributed by atoms with van der Waals surface area (Å²) in [5.41, 5.74) is 0.525. The monoisotopic (exact) mass is 415 g/mol. The second-order valence-electron chi connectivity index (χ2n) is 7.04. The molecule has 1 aliphatic rings. The highest BCUT2D eigenvalue weighted by atomic mass is 32.2. The summed E-state index contributed by atoms with van der Waals surface area (Å²) < 4.78 is 32.3. The topological polar surface area (TPSA) is 96.8 Å². The maximum absolute atomic E-state index is 12.9. The van der Waals surface area contributed by atoms with Crippen LogP contribution in [0, 0.1) is 0 Å². The third kappa shape index (κ3) is 4.02. The van der Waals surface area contributed by atoms with Gasteiger partial charge in [-0.15, -0.1) is 0 Å². The van der Waals surface area contributed by atoms with Gasteiger partial charge in [-0.05, 0) is 36.4 Å². The fraction of sp³-hybridized carbons (Fsp3) is 0.300. The van der Waals surface area contributed by atoms with Crippen LogP contribution in [-0.2, 0) is 16.6 Å². The van der Waals surface area contributed by atoms with Gasteiger partial charge in [-0.1, -0.05) is 12.1 Å². The third-order valence-corrected chi connectivity index (χ3v) is 7.12. The lowest BCUT2D eigenvalue weighted by molar-refractivity contribution is -0.917. The normalized spacial score (nSPS) is 16.2. The van der Waals surface area contributed by atoms with Crippen molar-refractivity contribution in [1.82, 2.24) is 14.3 Å². The predicted octanol–water partition coefficient (Wildman–Crippen LogP) is 0.0211. The predicted molar refractivity (Wildman–Crippen MR) is 109 cm³/mol. The Kier molecular flexibility index (Phi) is 5.35. The van der Waals surface area contributed by atoms with Crippen molar-refractivity contribution in [2.45, 2.75) is 11.4 Å². The van der Waals surface area contributed by atoms with Crippen LogP contribution in [0.2, 0.25) is 0 Å². The molecule has 2 heterocycles. The lowest BCUT2D eigenvalue weighted by Crippen LogP contribution is -3.13. The highest BCUT2D eigenvalue weighted by Gasteiger charge is 2.30. The summed E-state index contributed by atoms with van der Waals surface area (Å²) in [7, 11) is -1.98. The van der Waals surface area contributed by atoms with E-state index in [1.807, 2.05) is 18.2 Å². The maximum atomic E-state index is 12.9. The smallest absolute Gasteiger partial charge is 0.258 e. The van der Waals surface area contributed by atoms with Gasteiger partial charge in [-0.2, -0.15) is 4.31 Å². The minimum atomic E-state index is -3.53. The Hall–Kier alpha value is -2.75. The van der Waals surface area contributed by atoms with Gasteiger partial charge in [0.1, 0.15) is 12.3 Å². The molecule has 2 aromatic carbocycles. The van der Waals surface area contributed by atoms with Crippen LogP contribution in [0.25, 0.3) is 10.9 Å². The molecule has 0 aliphatic carbocycles. The number of hydrogen-bond acceptors (Lipinski definition) is 5. The van der Waals surface area contributed by atoms with Crippen LogP contribution in [0.1, 0.15) is 5.82 Å². The number of nitrogens with zero attached hydrogens (tertiary/aromatic N) is 2. The Morgan fingerprint density at radius 2 is 1.79 bits per heavy atom. The number of quaternary nitrogens is 1. The number of methoxy groups -OCH3 is 1. The number of aromatic nitrogens is 2. The molecule has 2 N–H and O–H groups in total. The number of aromatic amines is 1. The van der Waals surface area contributed by atoms with Crippen molar-refractivity contribution in [1.29, 1.82) is 0 Å². The molecule has 0 radical (unpaired) electrons. The van der Waals surface area contributed by atoms with Crippen molar-refractivity contribution in [3.05, 3.63) is 64.7 Å². The van der Waals surface area contributed by atoms with E-state index < -0.39 is 10.0 Å². The minimum Gasteiger partial charge on any atom is -0.497 e. The first-order valence-corrected chi connectivity index (χ1v) is 10.9. The van der Waals surface area contributed by atoms with Gasteiger partial charge >= 0.3 is 0 Å². The number of sulfonamides is 1. The van der Waals surface area contributed by atoms with E-state index in [2.05, 4.69) is 9.97 Å². The number of H-pyrrole nitrogens is 1. The van der Waals surface area contributed by atoms with E-state index in [0.29, 0.717) is 55.2 Å². The zero-order valence-electron chi connectivity index (χ0n) is 16.1. The molecule has 29 heavy (non-hydrogen) atoms. The first kappa shape index (κ1) is 19.6. The average molecular weight is 415 g/mol. The zero-order chi connectivity index (χ0) is 20.4. The number of benzene rings is 2. The number of para-hydroxylation sites is 1. The minimum absolute atomic E-state index is 0.147. The second kappa shape index (κ2) is 7.94. The van der Waals surface area contributed by atoms with Crippen LogP contribution in [0.3, 0.4) is 0 Å². The van der Waals surface area contributed by atoms with Crippen molar-refractivity contribution >= 4 is 20.9 Å². The Labute approximate surface area is 168 Å². The van der Waals surface area contributed by atoms with Gasteiger partial charge in [0.2, 0.25) is 10.0 Å². The number of hydrogen-bond donors (Lipinski definition) is 2. The molecule has 4 rings (SSSR count). The lowest BCUT2D eigenvalue weighted by atomic mass is 10.2. The number of piperazine rings is 1. The fourth-order valence-electron chi connectivity index (χ4n) is 3.57. The molecule has 9 heteroatoms. The molecule has 0 spiro atoms. The van der Waals surface area contributed by atoms with E-state index in [1.165, 1.54) is 9.21 Å². The van der Waals surface area contributed by atoms with E-state index in [1.54, 1.807) is 37.4 Å². The van der Waals surface area contributed by atoms with Gasteiger partial charge in [0.15, 0.2) is 5.82 Å². The molecular formula is C20H23N4O4S+. The summed E-state index contributed by atoms with van der Waals surface area (Å²) in [6, 6.07) is 13.7. The number of nitrogens with one attached hydrogen (secondary N) is 2. The molecule has 0 unspecified atom stereocenters. The maximum Gasteiger partial charge on any atom is 0.258 e. The summed E-state index contributed by atoms with van der Waals surface area (Å²) in [5.74, 6) is 1.24. The van der Waals surface area contributed by atoms with Crippen LogP contribution in [-0.4, -0.2) is 56.0 Å². The van der Waals surface area contributed by atoms with Gasteiger partial charge < -0.3 is 14.6 Å². The van der Waals surface area contributed by atoms with Crippen LogP contribution in [0.15, 0.2) is 58.2 Å². The quantitative estimate of drug-likeness (QED) is 0.613. The van der Waals surface area contributed by atoms with Gasteiger partial charge in [0.05, 0.1) is 49.1 Å². The molecule has 152 valence electrons. The molecule has 0 bridgehead atoms. The van der Waals surface area contributed by atoms with E-state index >= 15 is 0 Å². The van der Waals surface area contributed by atoms with Crippen LogP contribution in [0.5, 0.6) is 5.75 Å². The lowest BCUT2D eigenvalue weighted by Gasteiger charge is -2.31. The first-order valence-electron chi connectivity index (χ1n) is 9.43. The molecule has 8 nitrogen and oxygen atoms in total. The van der Waals surface area contributed by atoms with Gasteiger partial charge in [-0.3, -0.25) is 4.79 Å². The molecular weight excluding hydrogens is 392 g/mol. The zero-order valence-corrected chi connectivity index (χ0v) is 16.9. The SMILES string of the molecule is COc1ccc(S(=O)(=O)N2CC[NH+](Cc3nc4ccccc4c(=O)[nH]3)CC2)cc1. The van der Waals surface area contributed by atoms with E-state index in [0.717, 1.165) is 0 Å². The van der Waals surface area contributed by atoms with E-state index in [4.69, 9.17) is 4.74 Å². The van der Waals surface area contributed by atoms with E-state index in [-0.39, 0.29) is 10.5 Å². The molecule has 1 saturated heterocycles. The van der Waals surface area contributed by atoms with Crippen molar-refractivity contribution in [3.63, 3.8) is 0 Å². The molecule has 0 amide bonds. The number of ether oxygens (including phenoxy) is 1. The van der Waals surface area contributed by atoms with Crippen LogP contribution < -0.4 is 15.2 Å². The third-order valence-electron chi connectivity index (χ3n) is 5.21. The summed E-state index contributed by atoms with van der Waals surface area (Å²) in [4.78, 5) is 21.1. The molecule has 0 atom stereocenters. The van der Waals surface area contributed by atoms with Crippen molar-refractivity contribution in [3.8, 4) is 5.75 Å². The average Bonchev–Trinajstić information content (AvgIpc) is 2.74. The molecule has 1 aliphatic heterocycles. The van der Waals surface area contributed by atoms with Crippen LogP contribution >= 0.6 is 0 Å². The fourth-order valence-corrected chi connectivity index (χ4v) is 5.01. The summed E-state index contributed by atoms with van der Waals surface area (Å²) in [6.07, 6.45) is 0. The van der Waals surface area contributed by atoms with E-state index in [9.17, 15) is 13.2 Å². The molecule has 1 aromatic heterocycles. The van der Waals surface area contributed by atoms with Crippen molar-refractivity contribution in [2.75, 3.05) is 33.3 Å². The summed E-state index contributed by atoms with van der Waals surface area (Å²) >= 11 is 0. The van der Waals surface area contributed by atoms with Crippen LogP contribution in [0.4, 0.5) is 0 Å².